The summed E-state index contributed by atoms with van der Waals surface area (Å²) in [7, 11) is 0. The fourth-order valence-electron chi connectivity index (χ4n) is 1.52. The number of hydrogen-bond acceptors (Lipinski definition) is 2. The first-order valence-electron chi connectivity index (χ1n) is 6.13. The number of amides is 1. The predicted molar refractivity (Wildman–Crippen MR) is 73.7 cm³/mol. The normalized spacial score (nSPS) is 9.84. The summed E-state index contributed by atoms with van der Waals surface area (Å²) in [5, 5.41) is 2.77. The number of carbonyl (C=O) groups is 1. The quantitative estimate of drug-likeness (QED) is 0.836. The molecule has 0 saturated heterocycles. The van der Waals surface area contributed by atoms with E-state index < -0.39 is 0 Å². The molecule has 1 aromatic heterocycles. The van der Waals surface area contributed by atoms with E-state index in [1.807, 2.05) is 44.2 Å². The third-order valence-corrected chi connectivity index (χ3v) is 2.35. The van der Waals surface area contributed by atoms with Gasteiger partial charge in [0, 0.05) is 11.6 Å². The van der Waals surface area contributed by atoms with E-state index in [-0.39, 0.29) is 17.7 Å². The third kappa shape index (κ3) is 3.75. The number of furan rings is 1. The SMILES string of the molecule is CC(C)NC(=O)c1ccc(C#Cc2ccccc2)o1. The maximum absolute atomic E-state index is 11.7. The summed E-state index contributed by atoms with van der Waals surface area (Å²) >= 11 is 0. The molecule has 1 N–H and O–H groups in total. The van der Waals surface area contributed by atoms with Crippen molar-refractivity contribution in [3.63, 3.8) is 0 Å². The lowest BCUT2D eigenvalue weighted by Crippen LogP contribution is -2.29. The first kappa shape index (κ1) is 13.0. The highest BCUT2D eigenvalue weighted by molar-refractivity contribution is 5.91. The van der Waals surface area contributed by atoms with Crippen molar-refractivity contribution in [1.29, 1.82) is 0 Å². The van der Waals surface area contributed by atoms with Gasteiger partial charge >= 0.3 is 0 Å². The van der Waals surface area contributed by atoms with Crippen LogP contribution in [0.2, 0.25) is 0 Å². The summed E-state index contributed by atoms with van der Waals surface area (Å²) in [5.41, 5.74) is 0.909. The van der Waals surface area contributed by atoms with Crippen LogP contribution in [0.3, 0.4) is 0 Å². The van der Waals surface area contributed by atoms with Crippen LogP contribution in [-0.2, 0) is 0 Å². The van der Waals surface area contributed by atoms with Crippen LogP contribution in [-0.4, -0.2) is 11.9 Å². The molecule has 0 bridgehead atoms. The summed E-state index contributed by atoms with van der Waals surface area (Å²) in [4.78, 5) is 11.7. The van der Waals surface area contributed by atoms with E-state index in [2.05, 4.69) is 17.2 Å². The fraction of sp³-hybridized carbons (Fsp3) is 0.188. The molecule has 0 radical (unpaired) electrons. The molecule has 3 heteroatoms. The molecule has 0 atom stereocenters. The lowest BCUT2D eigenvalue weighted by molar-refractivity contribution is 0.0914. The molecule has 1 aromatic carbocycles. The molecule has 96 valence electrons. The molecule has 1 heterocycles. The minimum atomic E-state index is -0.220. The van der Waals surface area contributed by atoms with Crippen LogP contribution in [0.25, 0.3) is 0 Å². The second-order valence-electron chi connectivity index (χ2n) is 4.41. The minimum Gasteiger partial charge on any atom is -0.443 e. The van der Waals surface area contributed by atoms with Crippen molar-refractivity contribution in [2.75, 3.05) is 0 Å². The van der Waals surface area contributed by atoms with E-state index in [4.69, 9.17) is 4.42 Å². The van der Waals surface area contributed by atoms with Gasteiger partial charge < -0.3 is 9.73 Å². The Labute approximate surface area is 112 Å². The van der Waals surface area contributed by atoms with E-state index in [0.29, 0.717) is 5.76 Å². The van der Waals surface area contributed by atoms with Gasteiger partial charge in [0.1, 0.15) is 0 Å². The Hall–Kier alpha value is -2.47. The van der Waals surface area contributed by atoms with Crippen molar-refractivity contribution in [2.45, 2.75) is 19.9 Å². The van der Waals surface area contributed by atoms with E-state index in [9.17, 15) is 4.79 Å². The second-order valence-corrected chi connectivity index (χ2v) is 4.41. The van der Waals surface area contributed by atoms with Crippen molar-refractivity contribution < 1.29 is 9.21 Å². The van der Waals surface area contributed by atoms with Gasteiger partial charge in [-0.15, -0.1) is 0 Å². The zero-order valence-electron chi connectivity index (χ0n) is 10.9. The third-order valence-electron chi connectivity index (χ3n) is 2.35. The smallest absolute Gasteiger partial charge is 0.287 e. The van der Waals surface area contributed by atoms with Crippen molar-refractivity contribution in [3.8, 4) is 11.8 Å². The highest BCUT2D eigenvalue weighted by Gasteiger charge is 2.10. The van der Waals surface area contributed by atoms with Crippen LogP contribution in [0, 0.1) is 11.8 Å². The van der Waals surface area contributed by atoms with Crippen molar-refractivity contribution in [1.82, 2.24) is 5.32 Å². The average Bonchev–Trinajstić information content (AvgIpc) is 2.86. The van der Waals surface area contributed by atoms with E-state index in [0.717, 1.165) is 5.56 Å². The maximum atomic E-state index is 11.7. The van der Waals surface area contributed by atoms with Gasteiger partial charge in [-0.25, -0.2) is 0 Å². The van der Waals surface area contributed by atoms with Gasteiger partial charge in [-0.05, 0) is 44.0 Å². The highest BCUT2D eigenvalue weighted by Crippen LogP contribution is 2.07. The van der Waals surface area contributed by atoms with Gasteiger partial charge in [-0.2, -0.15) is 0 Å². The number of carbonyl (C=O) groups excluding carboxylic acids is 1. The Morgan fingerprint density at radius 1 is 1.11 bits per heavy atom. The largest absolute Gasteiger partial charge is 0.443 e. The zero-order chi connectivity index (χ0) is 13.7. The van der Waals surface area contributed by atoms with Gasteiger partial charge in [0.15, 0.2) is 11.5 Å². The molecule has 0 aliphatic rings. The van der Waals surface area contributed by atoms with E-state index >= 15 is 0 Å². The summed E-state index contributed by atoms with van der Waals surface area (Å²) in [6.45, 7) is 3.80. The highest BCUT2D eigenvalue weighted by atomic mass is 16.3. The average molecular weight is 253 g/mol. The maximum Gasteiger partial charge on any atom is 0.287 e. The lowest BCUT2D eigenvalue weighted by atomic mass is 10.2. The topological polar surface area (TPSA) is 42.2 Å². The Balaban J connectivity index is 2.10. The van der Waals surface area contributed by atoms with Gasteiger partial charge in [0.05, 0.1) is 0 Å². The zero-order valence-corrected chi connectivity index (χ0v) is 10.9. The molecular formula is C16H15NO2. The van der Waals surface area contributed by atoms with Crippen LogP contribution in [0.15, 0.2) is 46.9 Å². The second kappa shape index (κ2) is 5.92. The van der Waals surface area contributed by atoms with Gasteiger partial charge in [0.2, 0.25) is 0 Å². The number of nitrogens with one attached hydrogen (secondary N) is 1. The van der Waals surface area contributed by atoms with Crippen LogP contribution in [0.5, 0.6) is 0 Å². The van der Waals surface area contributed by atoms with Crippen LogP contribution >= 0.6 is 0 Å². The monoisotopic (exact) mass is 253 g/mol. The molecular weight excluding hydrogens is 238 g/mol. The predicted octanol–water partition coefficient (Wildman–Crippen LogP) is 2.82. The molecule has 0 fully saturated rings. The molecule has 0 saturated carbocycles. The molecule has 19 heavy (non-hydrogen) atoms. The molecule has 0 aliphatic carbocycles. The first-order chi connectivity index (χ1) is 9.15. The van der Waals surface area contributed by atoms with E-state index in [1.54, 1.807) is 12.1 Å². The Morgan fingerprint density at radius 3 is 2.53 bits per heavy atom. The Morgan fingerprint density at radius 2 is 1.84 bits per heavy atom. The van der Waals surface area contributed by atoms with E-state index in [1.165, 1.54) is 0 Å². The van der Waals surface area contributed by atoms with Gasteiger partial charge in [-0.3, -0.25) is 4.79 Å². The van der Waals surface area contributed by atoms with Crippen LogP contribution in [0.1, 0.15) is 35.7 Å². The van der Waals surface area contributed by atoms with Gasteiger partial charge in [0.25, 0.3) is 5.91 Å². The van der Waals surface area contributed by atoms with Crippen LogP contribution in [0.4, 0.5) is 0 Å². The van der Waals surface area contributed by atoms with Gasteiger partial charge in [-0.1, -0.05) is 24.1 Å². The molecule has 0 spiro atoms. The lowest BCUT2D eigenvalue weighted by Gasteiger charge is -2.04. The fourth-order valence-corrected chi connectivity index (χ4v) is 1.52. The van der Waals surface area contributed by atoms with Crippen LogP contribution < -0.4 is 5.32 Å². The minimum absolute atomic E-state index is 0.0800. The standard InChI is InChI=1S/C16H15NO2/c1-12(2)17-16(18)15-11-10-14(19-15)9-8-13-6-4-3-5-7-13/h3-7,10-12H,1-2H3,(H,17,18). The Bertz CT molecular complexity index is 615. The number of hydrogen-bond donors (Lipinski definition) is 1. The molecule has 2 rings (SSSR count). The molecule has 0 aliphatic heterocycles. The molecule has 2 aromatic rings. The summed E-state index contributed by atoms with van der Waals surface area (Å²) in [6.07, 6.45) is 0. The van der Waals surface area contributed by atoms with Crippen molar-refractivity contribution >= 4 is 5.91 Å². The first-order valence-corrected chi connectivity index (χ1v) is 6.13. The number of benzene rings is 1. The van der Waals surface area contributed by atoms with Crippen molar-refractivity contribution in [2.24, 2.45) is 0 Å². The molecule has 1 amide bonds. The summed E-state index contributed by atoms with van der Waals surface area (Å²) in [6, 6.07) is 13.0. The molecule has 0 unspecified atom stereocenters. The van der Waals surface area contributed by atoms with Crippen molar-refractivity contribution in [3.05, 3.63) is 59.5 Å². The molecule has 3 nitrogen and oxygen atoms in total. The summed E-state index contributed by atoms with van der Waals surface area (Å²) in [5.74, 6) is 6.42. The Kier molecular flexibility index (Phi) is 4.04. The number of rotatable bonds is 2. The summed E-state index contributed by atoms with van der Waals surface area (Å²) < 4.78 is 5.38.